The van der Waals surface area contributed by atoms with Gasteiger partial charge in [-0.2, -0.15) is 4.39 Å². The van der Waals surface area contributed by atoms with Gasteiger partial charge in [0.15, 0.2) is 11.6 Å². The Morgan fingerprint density at radius 1 is 1.04 bits per heavy atom. The maximum Gasteiger partial charge on any atom is 0.201 e. The van der Waals surface area contributed by atoms with Gasteiger partial charge in [-0.05, 0) is 50.3 Å². The molecule has 0 spiro atoms. The average molecular weight is 370 g/mol. The summed E-state index contributed by atoms with van der Waals surface area (Å²) in [5, 5.41) is 9.25. The number of phenolic OH excluding ortho intramolecular Hbond substituents is 1. The number of halogens is 4. The molecule has 1 heterocycles. The van der Waals surface area contributed by atoms with Gasteiger partial charge in [-0.25, -0.2) is 13.2 Å². The lowest BCUT2D eigenvalue weighted by Gasteiger charge is -2.18. The fourth-order valence-electron chi connectivity index (χ4n) is 2.83. The van der Waals surface area contributed by atoms with Crippen LogP contribution < -0.4 is 4.74 Å². The molecule has 2 nitrogen and oxygen atoms in total. The summed E-state index contributed by atoms with van der Waals surface area (Å²) in [4.78, 5) is 0. The van der Waals surface area contributed by atoms with E-state index < -0.39 is 23.3 Å². The number of fused-ring (bicyclic) bond motifs is 1. The summed E-state index contributed by atoms with van der Waals surface area (Å²) in [6, 6.07) is 2.62. The number of aromatic hydroxyl groups is 1. The molecule has 0 fully saturated rings. The molecule has 2 aromatic carbocycles. The van der Waals surface area contributed by atoms with Gasteiger partial charge >= 0.3 is 0 Å². The maximum absolute atomic E-state index is 13.3. The van der Waals surface area contributed by atoms with Crippen molar-refractivity contribution < 1.29 is 27.4 Å². The number of aryl methyl sites for hydroxylation is 2. The summed E-state index contributed by atoms with van der Waals surface area (Å²) in [7, 11) is 0. The Balaban J connectivity index is 0.000000187. The molecule has 142 valence electrons. The molecule has 0 unspecified atom stereocenters. The van der Waals surface area contributed by atoms with Crippen molar-refractivity contribution in [1.82, 2.24) is 0 Å². The normalized spacial score (nSPS) is 12.7. The molecule has 0 aliphatic carbocycles. The third kappa shape index (κ3) is 4.11. The zero-order valence-corrected chi connectivity index (χ0v) is 15.1. The highest BCUT2D eigenvalue weighted by atomic mass is 19.2. The number of phenols is 1. The van der Waals surface area contributed by atoms with Crippen LogP contribution in [0.3, 0.4) is 0 Å². The van der Waals surface area contributed by atoms with E-state index in [9.17, 15) is 22.7 Å². The minimum atomic E-state index is -0.838. The zero-order chi connectivity index (χ0) is 19.4. The van der Waals surface area contributed by atoms with Gasteiger partial charge in [0.1, 0.15) is 17.4 Å². The quantitative estimate of drug-likeness (QED) is 0.705. The molecule has 1 aliphatic heterocycles. The smallest absolute Gasteiger partial charge is 0.201 e. The molecule has 0 aromatic heterocycles. The van der Waals surface area contributed by atoms with Gasteiger partial charge in [0, 0.05) is 17.2 Å². The van der Waals surface area contributed by atoms with E-state index >= 15 is 0 Å². The minimum Gasteiger partial charge on any atom is -0.507 e. The minimum absolute atomic E-state index is 0.0266. The van der Waals surface area contributed by atoms with Crippen molar-refractivity contribution in [3.8, 4) is 11.5 Å². The van der Waals surface area contributed by atoms with Gasteiger partial charge < -0.3 is 9.84 Å². The second kappa shape index (κ2) is 8.43. The van der Waals surface area contributed by atoms with Crippen LogP contribution in [0.25, 0.3) is 0 Å². The molecule has 26 heavy (non-hydrogen) atoms. The molecule has 0 atom stereocenters. The molecule has 1 aliphatic rings. The third-order valence-corrected chi connectivity index (χ3v) is 4.28. The molecule has 6 heteroatoms. The van der Waals surface area contributed by atoms with Gasteiger partial charge in [-0.3, -0.25) is 0 Å². The standard InChI is InChI=1S/C10H10F2O.C10H12F2O/c1-6-5-7-3-2-4-13-10(7)9(12)8(6)11;1-3-4-7-9(13)5-8(11)6(2)10(7)12/h5H,2-4H2,1H3;5,13H,3-4H2,1-2H3. The van der Waals surface area contributed by atoms with Crippen LogP contribution in [0.4, 0.5) is 17.6 Å². The Morgan fingerprint density at radius 2 is 1.73 bits per heavy atom. The summed E-state index contributed by atoms with van der Waals surface area (Å²) in [6.07, 6.45) is 2.79. The second-order valence-corrected chi connectivity index (χ2v) is 6.31. The lowest BCUT2D eigenvalue weighted by atomic mass is 10.0. The Morgan fingerprint density at radius 3 is 2.38 bits per heavy atom. The summed E-state index contributed by atoms with van der Waals surface area (Å²) in [5.41, 5.74) is 1.31. The summed E-state index contributed by atoms with van der Waals surface area (Å²) in [5.74, 6) is -3.14. The predicted molar refractivity (Wildman–Crippen MR) is 91.7 cm³/mol. The Hall–Kier alpha value is -2.24. The summed E-state index contributed by atoms with van der Waals surface area (Å²) < 4.78 is 57.6. The van der Waals surface area contributed by atoms with E-state index in [4.69, 9.17) is 4.74 Å². The Kier molecular flexibility index (Phi) is 6.51. The lowest BCUT2D eigenvalue weighted by molar-refractivity contribution is 0.267. The number of hydrogen-bond acceptors (Lipinski definition) is 2. The average Bonchev–Trinajstić information content (AvgIpc) is 2.62. The lowest BCUT2D eigenvalue weighted by Crippen LogP contribution is -2.11. The van der Waals surface area contributed by atoms with Gasteiger partial charge in [0.25, 0.3) is 0 Å². The monoisotopic (exact) mass is 370 g/mol. The molecule has 2 aromatic rings. The Labute approximate surface area is 150 Å². The van der Waals surface area contributed by atoms with Crippen molar-refractivity contribution in [2.24, 2.45) is 0 Å². The SMILES string of the molecule is CCCc1c(O)cc(F)c(C)c1F.Cc1cc2c(c(F)c1F)OCCC2. The highest BCUT2D eigenvalue weighted by molar-refractivity contribution is 5.40. The predicted octanol–water partition coefficient (Wildman–Crippen LogP) is 5.53. The third-order valence-electron chi connectivity index (χ3n) is 4.28. The van der Waals surface area contributed by atoms with Crippen molar-refractivity contribution in [3.63, 3.8) is 0 Å². The fourth-order valence-corrected chi connectivity index (χ4v) is 2.83. The van der Waals surface area contributed by atoms with Gasteiger partial charge in [-0.15, -0.1) is 0 Å². The number of rotatable bonds is 2. The molecule has 0 amide bonds. The molecule has 0 saturated carbocycles. The fraction of sp³-hybridized carbons (Fsp3) is 0.400. The number of benzene rings is 2. The van der Waals surface area contributed by atoms with Gasteiger partial charge in [-0.1, -0.05) is 13.3 Å². The molecule has 3 rings (SSSR count). The first kappa shape index (κ1) is 20.1. The molecular weight excluding hydrogens is 348 g/mol. The van der Waals surface area contributed by atoms with Crippen molar-refractivity contribution in [2.45, 2.75) is 46.5 Å². The van der Waals surface area contributed by atoms with E-state index in [2.05, 4.69) is 0 Å². The van der Waals surface area contributed by atoms with E-state index in [1.165, 1.54) is 6.92 Å². The first-order valence-electron chi connectivity index (χ1n) is 8.54. The molecule has 0 radical (unpaired) electrons. The van der Waals surface area contributed by atoms with Crippen LogP contribution >= 0.6 is 0 Å². The summed E-state index contributed by atoms with van der Waals surface area (Å²) in [6.45, 7) is 5.28. The van der Waals surface area contributed by atoms with Gasteiger partial charge in [0.2, 0.25) is 5.82 Å². The van der Waals surface area contributed by atoms with Crippen molar-refractivity contribution in [3.05, 3.63) is 57.7 Å². The van der Waals surface area contributed by atoms with Crippen LogP contribution in [0.5, 0.6) is 11.5 Å². The van der Waals surface area contributed by atoms with Crippen molar-refractivity contribution in [2.75, 3.05) is 6.61 Å². The topological polar surface area (TPSA) is 29.5 Å². The number of ether oxygens (including phenoxy) is 1. The molecule has 0 saturated heterocycles. The van der Waals surface area contributed by atoms with Gasteiger partial charge in [0.05, 0.1) is 6.61 Å². The van der Waals surface area contributed by atoms with E-state index in [0.717, 1.165) is 30.9 Å². The van der Waals surface area contributed by atoms with Crippen LogP contribution in [0.2, 0.25) is 0 Å². The first-order chi connectivity index (χ1) is 12.3. The zero-order valence-electron chi connectivity index (χ0n) is 15.1. The number of hydrogen-bond donors (Lipinski definition) is 1. The van der Waals surface area contributed by atoms with Crippen LogP contribution in [0.15, 0.2) is 12.1 Å². The van der Waals surface area contributed by atoms with Crippen molar-refractivity contribution >= 4 is 0 Å². The van der Waals surface area contributed by atoms with Crippen LogP contribution in [0, 0.1) is 37.1 Å². The van der Waals surface area contributed by atoms with Crippen LogP contribution in [-0.4, -0.2) is 11.7 Å². The summed E-state index contributed by atoms with van der Waals surface area (Å²) >= 11 is 0. The van der Waals surface area contributed by atoms with E-state index in [1.807, 2.05) is 6.92 Å². The van der Waals surface area contributed by atoms with E-state index in [-0.39, 0.29) is 22.6 Å². The largest absolute Gasteiger partial charge is 0.507 e. The van der Waals surface area contributed by atoms with E-state index in [1.54, 1.807) is 13.0 Å². The molecular formula is C20H22F4O2. The Bertz CT molecular complexity index is 803. The highest BCUT2D eigenvalue weighted by Gasteiger charge is 2.20. The van der Waals surface area contributed by atoms with E-state index in [0.29, 0.717) is 18.6 Å². The van der Waals surface area contributed by atoms with Crippen molar-refractivity contribution in [1.29, 1.82) is 0 Å². The molecule has 0 bridgehead atoms. The first-order valence-corrected chi connectivity index (χ1v) is 8.54. The van der Waals surface area contributed by atoms with Crippen LogP contribution in [0.1, 0.15) is 42.0 Å². The second-order valence-electron chi connectivity index (χ2n) is 6.31. The highest BCUT2D eigenvalue weighted by Crippen LogP contribution is 2.31. The van der Waals surface area contributed by atoms with Crippen LogP contribution in [-0.2, 0) is 12.8 Å². The maximum atomic E-state index is 13.3. The molecule has 1 N–H and O–H groups in total.